The van der Waals surface area contributed by atoms with Crippen molar-refractivity contribution in [2.45, 2.75) is 0 Å². The average molecular weight is 678 g/mol. The Bertz CT molecular complexity index is 2810. The largest absolute Gasteiger partial charge is 0.456 e. The van der Waals surface area contributed by atoms with Crippen LogP contribution < -0.4 is 0 Å². The zero-order valence-corrected chi connectivity index (χ0v) is 28.6. The molecule has 0 bridgehead atoms. The van der Waals surface area contributed by atoms with Crippen LogP contribution in [0.2, 0.25) is 0 Å². The molecule has 0 fully saturated rings. The van der Waals surface area contributed by atoms with Crippen molar-refractivity contribution in [1.29, 1.82) is 0 Å². The molecule has 53 heavy (non-hydrogen) atoms. The van der Waals surface area contributed by atoms with Crippen molar-refractivity contribution < 1.29 is 4.42 Å². The van der Waals surface area contributed by atoms with E-state index in [-0.39, 0.29) is 0 Å². The minimum Gasteiger partial charge on any atom is -0.456 e. The van der Waals surface area contributed by atoms with Crippen molar-refractivity contribution in [1.82, 2.24) is 15.0 Å². The first-order chi connectivity index (χ1) is 26.3. The molecule has 0 saturated heterocycles. The second-order valence-electron chi connectivity index (χ2n) is 13.2. The lowest BCUT2D eigenvalue weighted by Gasteiger charge is -2.13. The summed E-state index contributed by atoms with van der Waals surface area (Å²) in [7, 11) is 0. The van der Waals surface area contributed by atoms with Crippen LogP contribution in [0.4, 0.5) is 0 Å². The SMILES string of the molecule is c1ccc(-c2ccc(-c3nc(-c4ccc(-c5ccccc5)cc4)nc(-c4cccc5c(-c6cccc7oc8ccccc8c67)cccc45)n3)cc2)cc1. The Balaban J connectivity index is 1.14. The highest BCUT2D eigenvalue weighted by molar-refractivity contribution is 6.16. The fourth-order valence-corrected chi connectivity index (χ4v) is 7.38. The van der Waals surface area contributed by atoms with Gasteiger partial charge in [-0.15, -0.1) is 0 Å². The van der Waals surface area contributed by atoms with Gasteiger partial charge in [-0.2, -0.15) is 0 Å². The average Bonchev–Trinajstić information content (AvgIpc) is 3.63. The molecule has 10 rings (SSSR count). The highest BCUT2D eigenvalue weighted by Gasteiger charge is 2.18. The Hall–Kier alpha value is -7.17. The van der Waals surface area contributed by atoms with E-state index in [9.17, 15) is 0 Å². The molecule has 0 atom stereocenters. The van der Waals surface area contributed by atoms with Crippen LogP contribution in [-0.2, 0) is 0 Å². The molecule has 248 valence electrons. The summed E-state index contributed by atoms with van der Waals surface area (Å²) in [4.78, 5) is 15.4. The van der Waals surface area contributed by atoms with Gasteiger partial charge in [0.1, 0.15) is 11.2 Å². The highest BCUT2D eigenvalue weighted by Crippen LogP contribution is 2.41. The summed E-state index contributed by atoms with van der Waals surface area (Å²) in [5, 5.41) is 4.40. The van der Waals surface area contributed by atoms with E-state index in [1.807, 2.05) is 30.3 Å². The first kappa shape index (κ1) is 30.6. The lowest BCUT2D eigenvalue weighted by atomic mass is 9.93. The second-order valence-corrected chi connectivity index (χ2v) is 13.2. The van der Waals surface area contributed by atoms with Crippen molar-refractivity contribution in [2.75, 3.05) is 0 Å². The standard InChI is InChI=1S/C49H31N3O/c1-3-12-32(13-4-1)34-24-28-36(29-25-34)47-50-48(37-30-26-35(27-31-37)33-14-5-2-6-15-33)52-49(51-47)42-21-10-17-38-39(18-9-19-40(38)42)41-20-11-23-45-46(41)43-16-7-8-22-44(43)53-45/h1-31H. The minimum atomic E-state index is 0.624. The number of furan rings is 1. The van der Waals surface area contributed by atoms with Gasteiger partial charge in [0.2, 0.25) is 0 Å². The fraction of sp³-hybridized carbons (Fsp3) is 0. The third kappa shape index (κ3) is 5.54. The number of para-hydroxylation sites is 1. The van der Waals surface area contributed by atoms with E-state index in [0.29, 0.717) is 17.5 Å². The molecule has 2 aromatic heterocycles. The van der Waals surface area contributed by atoms with Gasteiger partial charge in [-0.05, 0) is 56.3 Å². The van der Waals surface area contributed by atoms with Crippen molar-refractivity contribution in [3.63, 3.8) is 0 Å². The van der Waals surface area contributed by atoms with Crippen molar-refractivity contribution in [2.24, 2.45) is 0 Å². The van der Waals surface area contributed by atoms with Crippen LogP contribution in [0.1, 0.15) is 0 Å². The number of hydrogen-bond donors (Lipinski definition) is 0. The summed E-state index contributed by atoms with van der Waals surface area (Å²) in [6.07, 6.45) is 0. The first-order valence-corrected chi connectivity index (χ1v) is 17.8. The smallest absolute Gasteiger partial charge is 0.164 e. The quantitative estimate of drug-likeness (QED) is 0.176. The number of benzene rings is 8. The van der Waals surface area contributed by atoms with Crippen molar-refractivity contribution in [3.05, 3.63) is 188 Å². The number of hydrogen-bond acceptors (Lipinski definition) is 4. The third-order valence-electron chi connectivity index (χ3n) is 9.99. The minimum absolute atomic E-state index is 0.624. The van der Waals surface area contributed by atoms with E-state index < -0.39 is 0 Å². The molecule has 4 heteroatoms. The molecular weight excluding hydrogens is 647 g/mol. The molecule has 0 aliphatic rings. The Kier molecular flexibility index (Phi) is 7.43. The molecule has 4 nitrogen and oxygen atoms in total. The van der Waals surface area contributed by atoms with Crippen molar-refractivity contribution in [3.8, 4) is 67.5 Å². The number of rotatable bonds is 6. The van der Waals surface area contributed by atoms with E-state index in [4.69, 9.17) is 19.4 Å². The summed E-state index contributed by atoms with van der Waals surface area (Å²) in [5.74, 6) is 1.87. The van der Waals surface area contributed by atoms with Gasteiger partial charge >= 0.3 is 0 Å². The molecule has 10 aromatic rings. The zero-order chi connectivity index (χ0) is 35.1. The predicted octanol–water partition coefficient (Wildman–Crippen LogP) is 12.9. The van der Waals surface area contributed by atoms with Gasteiger partial charge in [-0.1, -0.05) is 176 Å². The molecule has 0 radical (unpaired) electrons. The normalized spacial score (nSPS) is 11.4. The maximum Gasteiger partial charge on any atom is 0.164 e. The molecule has 0 saturated carbocycles. The van der Waals surface area contributed by atoms with Gasteiger partial charge in [0, 0.05) is 27.5 Å². The van der Waals surface area contributed by atoms with E-state index >= 15 is 0 Å². The van der Waals surface area contributed by atoms with Crippen molar-refractivity contribution >= 4 is 32.7 Å². The van der Waals surface area contributed by atoms with Gasteiger partial charge in [0.25, 0.3) is 0 Å². The summed E-state index contributed by atoms with van der Waals surface area (Å²) in [6.45, 7) is 0. The molecule has 0 spiro atoms. The van der Waals surface area contributed by atoms with Crippen LogP contribution in [0.5, 0.6) is 0 Å². The van der Waals surface area contributed by atoms with Crippen LogP contribution >= 0.6 is 0 Å². The summed E-state index contributed by atoms with van der Waals surface area (Å²) in [6, 6.07) is 65.1. The van der Waals surface area contributed by atoms with E-state index in [1.165, 1.54) is 11.1 Å². The molecule has 0 aliphatic heterocycles. The maximum absolute atomic E-state index is 6.27. The monoisotopic (exact) mass is 677 g/mol. The number of fused-ring (bicyclic) bond motifs is 4. The molecule has 0 amide bonds. The Morgan fingerprint density at radius 2 is 0.679 bits per heavy atom. The maximum atomic E-state index is 6.27. The Labute approximate surface area is 306 Å². The molecule has 2 heterocycles. The predicted molar refractivity (Wildman–Crippen MR) is 217 cm³/mol. The van der Waals surface area contributed by atoms with E-state index in [2.05, 4.69) is 158 Å². The van der Waals surface area contributed by atoms with E-state index in [1.54, 1.807) is 0 Å². The fourth-order valence-electron chi connectivity index (χ4n) is 7.38. The summed E-state index contributed by atoms with van der Waals surface area (Å²) >= 11 is 0. The number of nitrogens with zero attached hydrogens (tertiary/aromatic N) is 3. The Morgan fingerprint density at radius 3 is 1.30 bits per heavy atom. The lowest BCUT2D eigenvalue weighted by molar-refractivity contribution is 0.669. The summed E-state index contributed by atoms with van der Waals surface area (Å²) in [5.41, 5.74) is 11.4. The number of aromatic nitrogens is 3. The molecule has 0 aliphatic carbocycles. The molecule has 0 N–H and O–H groups in total. The van der Waals surface area contributed by atoms with Crippen LogP contribution in [0, 0.1) is 0 Å². The third-order valence-corrected chi connectivity index (χ3v) is 9.99. The topological polar surface area (TPSA) is 51.8 Å². The van der Waals surface area contributed by atoms with Gasteiger partial charge < -0.3 is 4.42 Å². The van der Waals surface area contributed by atoms with Crippen LogP contribution in [-0.4, -0.2) is 15.0 Å². The van der Waals surface area contributed by atoms with Gasteiger partial charge in [0.05, 0.1) is 0 Å². The van der Waals surface area contributed by atoms with Crippen LogP contribution in [0.25, 0.3) is 100 Å². The molecule has 0 unspecified atom stereocenters. The first-order valence-electron chi connectivity index (χ1n) is 17.8. The zero-order valence-electron chi connectivity index (χ0n) is 28.6. The molecule has 8 aromatic carbocycles. The highest BCUT2D eigenvalue weighted by atomic mass is 16.3. The molecular formula is C49H31N3O. The van der Waals surface area contributed by atoms with Crippen LogP contribution in [0.3, 0.4) is 0 Å². The summed E-state index contributed by atoms with van der Waals surface area (Å²) < 4.78 is 6.27. The second kappa shape index (κ2) is 12.9. The van der Waals surface area contributed by atoms with Crippen LogP contribution in [0.15, 0.2) is 192 Å². The lowest BCUT2D eigenvalue weighted by Crippen LogP contribution is -2.00. The van der Waals surface area contributed by atoms with Gasteiger partial charge in [-0.25, -0.2) is 15.0 Å². The van der Waals surface area contributed by atoms with Gasteiger partial charge in [0.15, 0.2) is 17.5 Å². The van der Waals surface area contributed by atoms with E-state index in [0.717, 1.165) is 71.7 Å². The Morgan fingerprint density at radius 1 is 0.264 bits per heavy atom. The van der Waals surface area contributed by atoms with Gasteiger partial charge in [-0.3, -0.25) is 0 Å².